The molecule has 0 amide bonds. The number of rotatable bonds is 0. The van der Waals surface area contributed by atoms with Crippen LogP contribution in [0.2, 0.25) is 0 Å². The molecule has 2 nitrogen and oxygen atoms in total. The first-order valence-electron chi connectivity index (χ1n) is 4.98. The van der Waals surface area contributed by atoms with E-state index in [9.17, 15) is 0 Å². The monoisotopic (exact) mass is 263 g/mol. The smallest absolute Gasteiger partial charge is 0.0734 e. The van der Waals surface area contributed by atoms with Crippen LogP contribution in [0.25, 0.3) is 10.9 Å². The predicted molar refractivity (Wildman–Crippen MR) is 62.8 cm³/mol. The Morgan fingerprint density at radius 2 is 2.27 bits per heavy atom. The summed E-state index contributed by atoms with van der Waals surface area (Å²) in [6.45, 7) is 1.52. The van der Waals surface area contributed by atoms with Crippen molar-refractivity contribution in [2.45, 2.75) is 13.0 Å². The largest absolute Gasteiger partial charge is 0.376 e. The van der Waals surface area contributed by atoms with Gasteiger partial charge in [0.2, 0.25) is 0 Å². The van der Waals surface area contributed by atoms with Crippen LogP contribution in [0.1, 0.15) is 11.1 Å². The molecule has 2 aromatic rings. The Bertz CT molecular complexity index is 524. The maximum Gasteiger partial charge on any atom is 0.0734 e. The van der Waals surface area contributed by atoms with Gasteiger partial charge in [-0.15, -0.1) is 0 Å². The second-order valence-corrected chi connectivity index (χ2v) is 4.64. The molecular formula is C12H10BrNO. The van der Waals surface area contributed by atoms with Crippen LogP contribution in [-0.4, -0.2) is 11.6 Å². The van der Waals surface area contributed by atoms with Gasteiger partial charge in [0.05, 0.1) is 18.7 Å². The summed E-state index contributed by atoms with van der Waals surface area (Å²) >= 11 is 3.50. The van der Waals surface area contributed by atoms with E-state index >= 15 is 0 Å². The van der Waals surface area contributed by atoms with E-state index in [2.05, 4.69) is 33.0 Å². The third kappa shape index (κ3) is 1.56. The van der Waals surface area contributed by atoms with E-state index in [-0.39, 0.29) is 0 Å². The minimum atomic E-state index is 0.699. The first kappa shape index (κ1) is 9.31. The molecule has 0 saturated carbocycles. The summed E-state index contributed by atoms with van der Waals surface area (Å²) in [5.41, 5.74) is 3.69. The Morgan fingerprint density at radius 3 is 3.20 bits per heavy atom. The standard InChI is InChI=1S/C12H10BrNO/c13-9-1-2-12-11(5-9)10-3-4-15-7-8(10)6-14-12/h1-2,5-6H,3-4,7H2. The quantitative estimate of drug-likeness (QED) is 0.729. The highest BCUT2D eigenvalue weighted by Gasteiger charge is 2.13. The van der Waals surface area contributed by atoms with Crippen molar-refractivity contribution in [3.63, 3.8) is 0 Å². The lowest BCUT2D eigenvalue weighted by molar-refractivity contribution is 0.111. The fourth-order valence-electron chi connectivity index (χ4n) is 2.04. The molecule has 3 rings (SSSR count). The number of benzene rings is 1. The number of ether oxygens (including phenoxy) is 1. The highest BCUT2D eigenvalue weighted by atomic mass is 79.9. The molecule has 2 heterocycles. The Morgan fingerprint density at radius 1 is 1.33 bits per heavy atom. The van der Waals surface area contributed by atoms with Gasteiger partial charge >= 0.3 is 0 Å². The highest BCUT2D eigenvalue weighted by molar-refractivity contribution is 9.10. The molecule has 15 heavy (non-hydrogen) atoms. The summed E-state index contributed by atoms with van der Waals surface area (Å²) in [5, 5.41) is 1.25. The summed E-state index contributed by atoms with van der Waals surface area (Å²) in [7, 11) is 0. The van der Waals surface area contributed by atoms with Gasteiger partial charge in [-0.25, -0.2) is 0 Å². The van der Waals surface area contributed by atoms with E-state index in [1.165, 1.54) is 16.5 Å². The fourth-order valence-corrected chi connectivity index (χ4v) is 2.40. The lowest BCUT2D eigenvalue weighted by Gasteiger charge is -2.17. The van der Waals surface area contributed by atoms with Gasteiger partial charge in [-0.2, -0.15) is 0 Å². The molecule has 0 radical (unpaired) electrons. The molecule has 3 heteroatoms. The van der Waals surface area contributed by atoms with Gasteiger partial charge < -0.3 is 4.74 Å². The Hall–Kier alpha value is -0.930. The van der Waals surface area contributed by atoms with Gasteiger partial charge in [-0.3, -0.25) is 4.98 Å². The normalized spacial score (nSPS) is 15.3. The van der Waals surface area contributed by atoms with Crippen molar-refractivity contribution in [3.05, 3.63) is 40.0 Å². The van der Waals surface area contributed by atoms with Crippen LogP contribution in [0.3, 0.4) is 0 Å². The van der Waals surface area contributed by atoms with Gasteiger partial charge in [0, 0.05) is 16.1 Å². The van der Waals surface area contributed by atoms with Crippen LogP contribution in [0.4, 0.5) is 0 Å². The summed E-state index contributed by atoms with van der Waals surface area (Å²) < 4.78 is 6.53. The van der Waals surface area contributed by atoms with E-state index in [4.69, 9.17) is 4.74 Å². The molecule has 0 atom stereocenters. The molecule has 76 valence electrons. The molecule has 1 aromatic carbocycles. The van der Waals surface area contributed by atoms with Crippen LogP contribution in [0.5, 0.6) is 0 Å². The first-order valence-corrected chi connectivity index (χ1v) is 5.77. The molecule has 0 spiro atoms. The number of halogens is 1. The first-order chi connectivity index (χ1) is 7.34. The van der Waals surface area contributed by atoms with Crippen molar-refractivity contribution >= 4 is 26.8 Å². The van der Waals surface area contributed by atoms with E-state index in [1.54, 1.807) is 0 Å². The Balaban J connectivity index is 2.34. The second kappa shape index (κ2) is 3.58. The van der Waals surface area contributed by atoms with Gasteiger partial charge in [-0.1, -0.05) is 15.9 Å². The van der Waals surface area contributed by atoms with Crippen LogP contribution in [-0.2, 0) is 17.8 Å². The second-order valence-electron chi connectivity index (χ2n) is 3.73. The summed E-state index contributed by atoms with van der Waals surface area (Å²) in [4.78, 5) is 4.43. The van der Waals surface area contributed by atoms with E-state index in [0.717, 1.165) is 23.0 Å². The van der Waals surface area contributed by atoms with Gasteiger partial charge in [0.1, 0.15) is 0 Å². The van der Waals surface area contributed by atoms with Crippen molar-refractivity contribution in [2.24, 2.45) is 0 Å². The number of fused-ring (bicyclic) bond motifs is 3. The van der Waals surface area contributed by atoms with Crippen LogP contribution >= 0.6 is 15.9 Å². The molecule has 0 aliphatic carbocycles. The van der Waals surface area contributed by atoms with Gasteiger partial charge in [0.25, 0.3) is 0 Å². The molecule has 1 aliphatic rings. The number of hydrogen-bond donors (Lipinski definition) is 0. The maximum atomic E-state index is 5.42. The van der Waals surface area contributed by atoms with E-state index in [1.807, 2.05) is 12.3 Å². The Labute approximate surface area is 96.4 Å². The molecule has 0 unspecified atom stereocenters. The van der Waals surface area contributed by atoms with E-state index < -0.39 is 0 Å². The SMILES string of the molecule is Brc1ccc2ncc3c(c2c1)CCOC3. The van der Waals surface area contributed by atoms with Gasteiger partial charge in [-0.05, 0) is 35.7 Å². The van der Waals surface area contributed by atoms with Crippen molar-refractivity contribution in [3.8, 4) is 0 Å². The topological polar surface area (TPSA) is 22.1 Å². The molecular weight excluding hydrogens is 254 g/mol. The zero-order valence-corrected chi connectivity index (χ0v) is 9.75. The molecule has 0 bridgehead atoms. The summed E-state index contributed by atoms with van der Waals surface area (Å²) in [6.07, 6.45) is 2.93. The summed E-state index contributed by atoms with van der Waals surface area (Å²) in [6, 6.07) is 6.22. The number of nitrogens with zero attached hydrogens (tertiary/aromatic N) is 1. The lowest BCUT2D eigenvalue weighted by Crippen LogP contribution is -2.10. The average molecular weight is 264 g/mol. The molecule has 1 aliphatic heterocycles. The van der Waals surface area contributed by atoms with Crippen LogP contribution in [0.15, 0.2) is 28.9 Å². The zero-order chi connectivity index (χ0) is 10.3. The van der Waals surface area contributed by atoms with Gasteiger partial charge in [0.15, 0.2) is 0 Å². The van der Waals surface area contributed by atoms with Crippen molar-refractivity contribution < 1.29 is 4.74 Å². The highest BCUT2D eigenvalue weighted by Crippen LogP contribution is 2.27. The lowest BCUT2D eigenvalue weighted by atomic mass is 10.00. The number of aromatic nitrogens is 1. The van der Waals surface area contributed by atoms with Crippen LogP contribution < -0.4 is 0 Å². The average Bonchev–Trinajstić information content (AvgIpc) is 2.29. The fraction of sp³-hybridized carbons (Fsp3) is 0.250. The third-order valence-corrected chi connectivity index (χ3v) is 3.28. The van der Waals surface area contributed by atoms with Crippen molar-refractivity contribution in [2.75, 3.05) is 6.61 Å². The minimum Gasteiger partial charge on any atom is -0.376 e. The van der Waals surface area contributed by atoms with Crippen molar-refractivity contribution in [1.29, 1.82) is 0 Å². The predicted octanol–water partition coefficient (Wildman–Crippen LogP) is 3.07. The molecule has 1 aromatic heterocycles. The van der Waals surface area contributed by atoms with Crippen molar-refractivity contribution in [1.82, 2.24) is 4.98 Å². The minimum absolute atomic E-state index is 0.699. The Kier molecular flexibility index (Phi) is 2.22. The number of pyridine rings is 1. The summed E-state index contributed by atoms with van der Waals surface area (Å²) in [5.74, 6) is 0. The third-order valence-electron chi connectivity index (χ3n) is 2.78. The van der Waals surface area contributed by atoms with Crippen LogP contribution in [0, 0.1) is 0 Å². The maximum absolute atomic E-state index is 5.42. The van der Waals surface area contributed by atoms with E-state index in [0.29, 0.717) is 6.61 Å². The zero-order valence-electron chi connectivity index (χ0n) is 8.16. The molecule has 0 N–H and O–H groups in total. The molecule has 0 fully saturated rings. The molecule has 0 saturated heterocycles. The number of hydrogen-bond acceptors (Lipinski definition) is 2.